The normalized spacial score (nSPS) is 11.1. The summed E-state index contributed by atoms with van der Waals surface area (Å²) in [6.07, 6.45) is 8.76. The molecule has 176 valence electrons. The predicted molar refractivity (Wildman–Crippen MR) is 135 cm³/mol. The highest BCUT2D eigenvalue weighted by Gasteiger charge is 2.20. The third kappa shape index (κ3) is 4.14. The molecule has 8 heteroatoms. The number of ether oxygens (including phenoxy) is 1. The number of nitrogens with one attached hydrogen (secondary N) is 2. The predicted octanol–water partition coefficient (Wildman–Crippen LogP) is 5.18. The van der Waals surface area contributed by atoms with Gasteiger partial charge in [-0.25, -0.2) is 14.8 Å². The highest BCUT2D eigenvalue weighted by Crippen LogP contribution is 2.29. The number of nitrogens with zero attached hydrogens (tertiary/aromatic N) is 3. The number of carbonyl (C=O) groups excluding carboxylic acids is 2. The minimum atomic E-state index is -0.202. The number of methoxy groups -OCH3 is 1. The number of hydrogen-bond donors (Lipinski definition) is 2. The average Bonchev–Trinajstić information content (AvgIpc) is 3.52. The van der Waals surface area contributed by atoms with Gasteiger partial charge in [0, 0.05) is 70.4 Å². The van der Waals surface area contributed by atoms with Crippen molar-refractivity contribution >= 4 is 33.8 Å². The van der Waals surface area contributed by atoms with Crippen LogP contribution in [0.25, 0.3) is 33.1 Å². The van der Waals surface area contributed by atoms with E-state index in [4.69, 9.17) is 4.74 Å². The molecule has 0 bridgehead atoms. The number of carbonyl (C=O) groups is 2. The molecule has 0 aliphatic heterocycles. The Morgan fingerprint density at radius 2 is 1.89 bits per heavy atom. The van der Waals surface area contributed by atoms with E-state index < -0.39 is 0 Å². The molecule has 0 unspecified atom stereocenters. The number of benzene rings is 1. The molecule has 4 heterocycles. The zero-order chi connectivity index (χ0) is 24.4. The van der Waals surface area contributed by atoms with Crippen molar-refractivity contribution in [3.8, 4) is 17.0 Å². The molecule has 8 nitrogen and oxygen atoms in total. The molecule has 0 saturated heterocycles. The second kappa shape index (κ2) is 9.42. The number of unbranched alkanes of at least 4 members (excludes halogenated alkanes) is 1. The first-order valence-electron chi connectivity index (χ1n) is 11.5. The number of aromatic nitrogens is 4. The van der Waals surface area contributed by atoms with E-state index >= 15 is 0 Å². The lowest BCUT2D eigenvalue weighted by atomic mass is 9.99. The topological polar surface area (TPSA) is 102 Å². The molecule has 0 radical (unpaired) electrons. The summed E-state index contributed by atoms with van der Waals surface area (Å²) in [6, 6.07) is 12.7. The summed E-state index contributed by atoms with van der Waals surface area (Å²) < 4.78 is 6.68. The summed E-state index contributed by atoms with van der Waals surface area (Å²) >= 11 is 0. The molecule has 0 atom stereocenters. The maximum atomic E-state index is 13.7. The van der Waals surface area contributed by atoms with E-state index in [-0.39, 0.29) is 11.8 Å². The molecular formula is C27H25N5O3. The van der Waals surface area contributed by atoms with Crippen molar-refractivity contribution in [1.82, 2.24) is 24.8 Å². The molecule has 35 heavy (non-hydrogen) atoms. The SMILES string of the molecule is CCCCNC(=O)n1ccc2c(C(=O)c3c[nH]c4ncc(-c5ccc(OC)nc5)cc34)cccc21. The highest BCUT2D eigenvalue weighted by atomic mass is 16.5. The van der Waals surface area contributed by atoms with Crippen molar-refractivity contribution in [2.45, 2.75) is 19.8 Å². The number of rotatable bonds is 7. The molecule has 1 aromatic carbocycles. The van der Waals surface area contributed by atoms with E-state index in [2.05, 4.69) is 27.2 Å². The van der Waals surface area contributed by atoms with Gasteiger partial charge in [0.25, 0.3) is 0 Å². The third-order valence-electron chi connectivity index (χ3n) is 6.06. The fourth-order valence-corrected chi connectivity index (χ4v) is 4.17. The van der Waals surface area contributed by atoms with Crippen molar-refractivity contribution in [3.05, 3.63) is 78.4 Å². The summed E-state index contributed by atoms with van der Waals surface area (Å²) in [7, 11) is 1.57. The van der Waals surface area contributed by atoms with Crippen LogP contribution in [0.5, 0.6) is 5.88 Å². The fourth-order valence-electron chi connectivity index (χ4n) is 4.17. The summed E-state index contributed by atoms with van der Waals surface area (Å²) in [6.45, 7) is 2.69. The molecule has 5 aromatic rings. The van der Waals surface area contributed by atoms with Crippen molar-refractivity contribution in [2.24, 2.45) is 0 Å². The van der Waals surface area contributed by atoms with Gasteiger partial charge >= 0.3 is 6.03 Å². The Balaban J connectivity index is 1.51. The van der Waals surface area contributed by atoms with Crippen LogP contribution in [0.3, 0.4) is 0 Å². The first-order chi connectivity index (χ1) is 17.1. The molecule has 0 aliphatic rings. The summed E-state index contributed by atoms with van der Waals surface area (Å²) in [4.78, 5) is 38.2. The lowest BCUT2D eigenvalue weighted by Gasteiger charge is -2.08. The van der Waals surface area contributed by atoms with E-state index in [1.54, 1.807) is 54.7 Å². The Labute approximate surface area is 202 Å². The van der Waals surface area contributed by atoms with Gasteiger partial charge in [0.05, 0.1) is 12.6 Å². The maximum Gasteiger partial charge on any atom is 0.326 e. The molecule has 4 aromatic heterocycles. The molecule has 5 rings (SSSR count). The Bertz CT molecular complexity index is 1530. The van der Waals surface area contributed by atoms with Gasteiger partial charge in [-0.2, -0.15) is 0 Å². The number of ketones is 1. The second-order valence-electron chi connectivity index (χ2n) is 8.25. The van der Waals surface area contributed by atoms with Gasteiger partial charge in [0.2, 0.25) is 5.88 Å². The van der Waals surface area contributed by atoms with Crippen LogP contribution in [0.1, 0.15) is 35.7 Å². The number of hydrogen-bond acceptors (Lipinski definition) is 5. The molecule has 0 fully saturated rings. The van der Waals surface area contributed by atoms with Gasteiger partial charge in [-0.1, -0.05) is 25.5 Å². The van der Waals surface area contributed by atoms with Gasteiger partial charge in [-0.15, -0.1) is 0 Å². The molecule has 1 amide bonds. The second-order valence-corrected chi connectivity index (χ2v) is 8.25. The number of aromatic amines is 1. The van der Waals surface area contributed by atoms with Crippen molar-refractivity contribution in [1.29, 1.82) is 0 Å². The maximum absolute atomic E-state index is 13.7. The first kappa shape index (κ1) is 22.3. The van der Waals surface area contributed by atoms with E-state index in [0.717, 1.165) is 34.7 Å². The zero-order valence-corrected chi connectivity index (χ0v) is 19.5. The van der Waals surface area contributed by atoms with Crippen molar-refractivity contribution < 1.29 is 14.3 Å². The largest absolute Gasteiger partial charge is 0.481 e. The van der Waals surface area contributed by atoms with Crippen LogP contribution in [0, 0.1) is 0 Å². The molecule has 0 aliphatic carbocycles. The van der Waals surface area contributed by atoms with Gasteiger partial charge < -0.3 is 15.0 Å². The summed E-state index contributed by atoms with van der Waals surface area (Å²) in [5.41, 5.74) is 4.07. The van der Waals surface area contributed by atoms with Crippen LogP contribution in [-0.2, 0) is 0 Å². The van der Waals surface area contributed by atoms with Gasteiger partial charge in [0.1, 0.15) is 5.65 Å². The summed E-state index contributed by atoms with van der Waals surface area (Å²) in [5.74, 6) is 0.386. The average molecular weight is 468 g/mol. The van der Waals surface area contributed by atoms with Gasteiger partial charge in [-0.05, 0) is 30.7 Å². The third-order valence-corrected chi connectivity index (χ3v) is 6.06. The quantitative estimate of drug-likeness (QED) is 0.254. The smallest absolute Gasteiger partial charge is 0.326 e. The Kier molecular flexibility index (Phi) is 6.01. The number of amides is 1. The fraction of sp³-hybridized carbons (Fsp3) is 0.185. The van der Waals surface area contributed by atoms with Crippen LogP contribution in [0.4, 0.5) is 4.79 Å². The van der Waals surface area contributed by atoms with Crippen molar-refractivity contribution in [2.75, 3.05) is 13.7 Å². The van der Waals surface area contributed by atoms with Crippen LogP contribution >= 0.6 is 0 Å². The van der Waals surface area contributed by atoms with Crippen LogP contribution < -0.4 is 10.1 Å². The number of fused-ring (bicyclic) bond motifs is 2. The van der Waals surface area contributed by atoms with E-state index in [9.17, 15) is 9.59 Å². The van der Waals surface area contributed by atoms with E-state index in [1.165, 1.54) is 0 Å². The highest BCUT2D eigenvalue weighted by molar-refractivity contribution is 6.21. The number of H-pyrrole nitrogens is 1. The lowest BCUT2D eigenvalue weighted by molar-refractivity contribution is 0.104. The van der Waals surface area contributed by atoms with E-state index in [1.807, 2.05) is 24.3 Å². The zero-order valence-electron chi connectivity index (χ0n) is 19.5. The van der Waals surface area contributed by atoms with Crippen molar-refractivity contribution in [3.63, 3.8) is 0 Å². The first-order valence-corrected chi connectivity index (χ1v) is 11.5. The molecular weight excluding hydrogens is 442 g/mol. The minimum absolute atomic E-state index is 0.141. The van der Waals surface area contributed by atoms with Gasteiger partial charge in [-0.3, -0.25) is 9.36 Å². The molecule has 0 spiro atoms. The van der Waals surface area contributed by atoms with Gasteiger partial charge in [0.15, 0.2) is 5.78 Å². The summed E-state index contributed by atoms with van der Waals surface area (Å²) in [5, 5.41) is 4.36. The minimum Gasteiger partial charge on any atom is -0.481 e. The standard InChI is InChI=1S/C27H25N5O3/c1-3-4-11-28-27(34)32-12-10-19-20(6-5-7-23(19)32)25(33)22-16-31-26-21(22)13-18(15-30-26)17-8-9-24(35-2)29-14-17/h5-10,12-16H,3-4,11H2,1-2H3,(H,28,34)(H,30,31). The van der Waals surface area contributed by atoms with E-state index in [0.29, 0.717) is 34.7 Å². The molecule has 0 saturated carbocycles. The van der Waals surface area contributed by atoms with Crippen LogP contribution in [0.15, 0.2) is 67.3 Å². The van der Waals surface area contributed by atoms with Crippen LogP contribution in [0.2, 0.25) is 0 Å². The molecule has 2 N–H and O–H groups in total. The van der Waals surface area contributed by atoms with Crippen LogP contribution in [-0.4, -0.2) is 45.0 Å². The Morgan fingerprint density at radius 1 is 1.03 bits per heavy atom. The lowest BCUT2D eigenvalue weighted by Crippen LogP contribution is -2.28. The monoisotopic (exact) mass is 467 g/mol. The number of pyridine rings is 2. The Hall–Kier alpha value is -4.46. The Morgan fingerprint density at radius 3 is 2.66 bits per heavy atom.